The van der Waals surface area contributed by atoms with Gasteiger partial charge in [0.15, 0.2) is 0 Å². The zero-order chi connectivity index (χ0) is 13.7. The van der Waals surface area contributed by atoms with E-state index >= 15 is 0 Å². The van der Waals surface area contributed by atoms with Crippen LogP contribution in [0.2, 0.25) is 0 Å². The zero-order valence-electron chi connectivity index (χ0n) is 10.7. The Morgan fingerprint density at radius 3 is 2.68 bits per heavy atom. The first-order valence-electron chi connectivity index (χ1n) is 6.19. The summed E-state index contributed by atoms with van der Waals surface area (Å²) in [6, 6.07) is 12.3. The number of amides is 1. The summed E-state index contributed by atoms with van der Waals surface area (Å²) in [7, 11) is 0. The second-order valence-electron chi connectivity index (χ2n) is 4.56. The smallest absolute Gasteiger partial charge is 0.225 e. The molecule has 0 fully saturated rings. The van der Waals surface area contributed by atoms with Crippen LogP contribution in [0.15, 0.2) is 46.3 Å². The van der Waals surface area contributed by atoms with Crippen LogP contribution in [-0.4, -0.2) is 11.9 Å². The molecular weight excluding hydrogens is 322 g/mol. The molecular formula is C15H16BrNOS. The molecule has 19 heavy (non-hydrogen) atoms. The fourth-order valence-electron chi connectivity index (χ4n) is 1.92. The highest BCUT2D eigenvalue weighted by Crippen LogP contribution is 2.12. The number of hydrogen-bond donors (Lipinski definition) is 1. The van der Waals surface area contributed by atoms with Crippen LogP contribution in [0.5, 0.6) is 0 Å². The van der Waals surface area contributed by atoms with Crippen LogP contribution in [-0.2, 0) is 17.6 Å². The van der Waals surface area contributed by atoms with E-state index in [9.17, 15) is 4.79 Å². The fraction of sp³-hybridized carbons (Fsp3) is 0.267. The van der Waals surface area contributed by atoms with Crippen LogP contribution in [0.1, 0.15) is 17.4 Å². The largest absolute Gasteiger partial charge is 0.353 e. The summed E-state index contributed by atoms with van der Waals surface area (Å²) in [5.41, 5.74) is 1.23. The number of hydrogen-bond acceptors (Lipinski definition) is 2. The molecule has 2 nitrogen and oxygen atoms in total. The average Bonchev–Trinajstić information content (AvgIpc) is 2.84. The molecule has 0 aliphatic heterocycles. The van der Waals surface area contributed by atoms with E-state index in [1.54, 1.807) is 11.3 Å². The first kappa shape index (κ1) is 14.3. The van der Waals surface area contributed by atoms with Gasteiger partial charge in [0.25, 0.3) is 0 Å². The number of halogens is 1. The van der Waals surface area contributed by atoms with Gasteiger partial charge in [-0.2, -0.15) is 0 Å². The molecule has 0 aliphatic rings. The molecule has 0 radical (unpaired) electrons. The summed E-state index contributed by atoms with van der Waals surface area (Å²) < 4.78 is 1.07. The van der Waals surface area contributed by atoms with Crippen molar-refractivity contribution in [2.75, 3.05) is 0 Å². The van der Waals surface area contributed by atoms with Gasteiger partial charge in [0.2, 0.25) is 5.91 Å². The predicted molar refractivity (Wildman–Crippen MR) is 83.5 cm³/mol. The summed E-state index contributed by atoms with van der Waals surface area (Å²) in [5.74, 6) is 0.0899. The van der Waals surface area contributed by atoms with Crippen molar-refractivity contribution in [2.45, 2.75) is 25.8 Å². The fourth-order valence-corrected chi connectivity index (χ4v) is 2.89. The van der Waals surface area contributed by atoms with Gasteiger partial charge in [-0.05, 0) is 42.5 Å². The molecule has 1 atom stereocenters. The Hall–Kier alpha value is -1.13. The Morgan fingerprint density at radius 1 is 1.32 bits per heavy atom. The van der Waals surface area contributed by atoms with Crippen molar-refractivity contribution in [1.29, 1.82) is 0 Å². The molecule has 0 bridgehead atoms. The van der Waals surface area contributed by atoms with Crippen LogP contribution >= 0.6 is 27.3 Å². The molecule has 2 aromatic rings. The highest BCUT2D eigenvalue weighted by atomic mass is 79.9. The van der Waals surface area contributed by atoms with Crippen LogP contribution in [0.3, 0.4) is 0 Å². The number of rotatable bonds is 5. The van der Waals surface area contributed by atoms with Gasteiger partial charge in [-0.15, -0.1) is 11.3 Å². The minimum atomic E-state index is 0.0899. The van der Waals surface area contributed by atoms with Gasteiger partial charge in [-0.1, -0.05) is 34.1 Å². The Bertz CT molecular complexity index is 522. The van der Waals surface area contributed by atoms with Gasteiger partial charge < -0.3 is 5.32 Å². The summed E-state index contributed by atoms with van der Waals surface area (Å²) in [6.07, 6.45) is 1.33. The van der Waals surface area contributed by atoms with Gasteiger partial charge in [0, 0.05) is 15.4 Å². The lowest BCUT2D eigenvalue weighted by Crippen LogP contribution is -2.34. The van der Waals surface area contributed by atoms with Crippen molar-refractivity contribution in [3.05, 3.63) is 56.7 Å². The van der Waals surface area contributed by atoms with E-state index in [2.05, 4.69) is 33.4 Å². The third-order valence-electron chi connectivity index (χ3n) is 2.78. The minimum Gasteiger partial charge on any atom is -0.353 e. The maximum Gasteiger partial charge on any atom is 0.225 e. The molecule has 1 aromatic heterocycles. The van der Waals surface area contributed by atoms with Crippen LogP contribution in [0.25, 0.3) is 0 Å². The predicted octanol–water partition coefficient (Wildman–Crippen LogP) is 3.80. The molecule has 0 unspecified atom stereocenters. The van der Waals surface area contributed by atoms with Gasteiger partial charge >= 0.3 is 0 Å². The molecule has 0 saturated heterocycles. The van der Waals surface area contributed by atoms with E-state index in [-0.39, 0.29) is 11.9 Å². The molecule has 2 rings (SSSR count). The zero-order valence-corrected chi connectivity index (χ0v) is 13.1. The van der Waals surface area contributed by atoms with Gasteiger partial charge in [-0.3, -0.25) is 4.79 Å². The summed E-state index contributed by atoms with van der Waals surface area (Å²) >= 11 is 5.03. The lowest BCUT2D eigenvalue weighted by Gasteiger charge is -2.13. The van der Waals surface area contributed by atoms with E-state index in [0.29, 0.717) is 6.42 Å². The third-order valence-corrected chi connectivity index (χ3v) is 4.18. The van der Waals surface area contributed by atoms with E-state index in [4.69, 9.17) is 0 Å². The Labute approximate surface area is 126 Å². The number of thiophene rings is 1. The third kappa shape index (κ3) is 4.80. The van der Waals surface area contributed by atoms with Gasteiger partial charge in [0.05, 0.1) is 6.42 Å². The number of nitrogens with one attached hydrogen (secondary N) is 1. The quantitative estimate of drug-likeness (QED) is 0.883. The van der Waals surface area contributed by atoms with E-state index in [0.717, 1.165) is 15.8 Å². The first-order chi connectivity index (χ1) is 9.13. The van der Waals surface area contributed by atoms with Crippen molar-refractivity contribution in [3.8, 4) is 0 Å². The maximum absolute atomic E-state index is 11.9. The first-order valence-corrected chi connectivity index (χ1v) is 7.87. The normalized spacial score (nSPS) is 12.1. The van der Waals surface area contributed by atoms with Crippen molar-refractivity contribution in [3.63, 3.8) is 0 Å². The lowest BCUT2D eigenvalue weighted by atomic mass is 10.1. The Balaban J connectivity index is 1.82. The van der Waals surface area contributed by atoms with Crippen LogP contribution in [0, 0.1) is 0 Å². The minimum absolute atomic E-state index is 0.0899. The highest BCUT2D eigenvalue weighted by Gasteiger charge is 2.09. The second-order valence-corrected chi connectivity index (χ2v) is 6.50. The standard InChI is InChI=1S/C15H16BrNOS/c1-11(9-12-4-6-13(16)7-5-12)17-15(18)10-14-3-2-8-19-14/h2-8,11H,9-10H2,1H3,(H,17,18)/t11-/m0/s1. The summed E-state index contributed by atoms with van der Waals surface area (Å²) in [4.78, 5) is 13.0. The highest BCUT2D eigenvalue weighted by molar-refractivity contribution is 9.10. The van der Waals surface area contributed by atoms with Gasteiger partial charge in [-0.25, -0.2) is 0 Å². The van der Waals surface area contributed by atoms with Crippen molar-refractivity contribution < 1.29 is 4.79 Å². The molecule has 1 N–H and O–H groups in total. The Kier molecular flexibility index (Phi) is 5.16. The van der Waals surface area contributed by atoms with E-state index in [1.165, 1.54) is 5.56 Å². The van der Waals surface area contributed by atoms with E-state index in [1.807, 2.05) is 36.6 Å². The topological polar surface area (TPSA) is 29.1 Å². The molecule has 1 amide bonds. The molecule has 4 heteroatoms. The monoisotopic (exact) mass is 337 g/mol. The summed E-state index contributed by atoms with van der Waals surface area (Å²) in [6.45, 7) is 2.04. The molecule has 1 aromatic carbocycles. The van der Waals surface area contributed by atoms with Gasteiger partial charge in [0.1, 0.15) is 0 Å². The van der Waals surface area contributed by atoms with Crippen molar-refractivity contribution in [2.24, 2.45) is 0 Å². The maximum atomic E-state index is 11.9. The number of benzene rings is 1. The SMILES string of the molecule is C[C@@H](Cc1ccc(Br)cc1)NC(=O)Cc1cccs1. The lowest BCUT2D eigenvalue weighted by molar-refractivity contribution is -0.120. The molecule has 100 valence electrons. The van der Waals surface area contributed by atoms with Crippen LogP contribution in [0.4, 0.5) is 0 Å². The molecule has 0 aliphatic carbocycles. The summed E-state index contributed by atoms with van der Waals surface area (Å²) in [5, 5.41) is 5.03. The van der Waals surface area contributed by atoms with Crippen molar-refractivity contribution >= 4 is 33.2 Å². The second kappa shape index (κ2) is 6.87. The number of carbonyl (C=O) groups excluding carboxylic acids is 1. The molecule has 0 spiro atoms. The average molecular weight is 338 g/mol. The molecule has 1 heterocycles. The van der Waals surface area contributed by atoms with Crippen molar-refractivity contribution in [1.82, 2.24) is 5.32 Å². The van der Waals surface area contributed by atoms with Crippen LogP contribution < -0.4 is 5.32 Å². The number of carbonyl (C=O) groups is 1. The molecule has 0 saturated carbocycles. The van der Waals surface area contributed by atoms with E-state index < -0.39 is 0 Å². The Morgan fingerprint density at radius 2 is 2.05 bits per heavy atom.